The predicted molar refractivity (Wildman–Crippen MR) is 70.5 cm³/mol. The Morgan fingerprint density at radius 1 is 1.45 bits per heavy atom. The predicted octanol–water partition coefficient (Wildman–Crippen LogP) is 1.29. The summed E-state index contributed by atoms with van der Waals surface area (Å²) in [5.74, 6) is 1.20. The largest absolute Gasteiger partial charge is 0.486 e. The molecule has 1 atom stereocenters. The van der Waals surface area contributed by atoms with Gasteiger partial charge < -0.3 is 14.2 Å². The lowest BCUT2D eigenvalue weighted by Crippen LogP contribution is -2.32. The van der Waals surface area contributed by atoms with Gasteiger partial charge in [-0.1, -0.05) is 0 Å². The second-order valence-corrected chi connectivity index (χ2v) is 3.96. The highest BCUT2D eigenvalue weighted by Gasteiger charge is 2.21. The van der Waals surface area contributed by atoms with Crippen molar-refractivity contribution in [3.63, 3.8) is 0 Å². The monoisotopic (exact) mass is 272 g/mol. The van der Waals surface area contributed by atoms with Crippen molar-refractivity contribution in [3.8, 4) is 23.6 Å². The summed E-state index contributed by atoms with van der Waals surface area (Å²) in [5.41, 5.74) is 2.96. The zero-order chi connectivity index (χ0) is 14.4. The summed E-state index contributed by atoms with van der Waals surface area (Å²) in [6.45, 7) is 0.862. The topological polar surface area (TPSA) is 99.7 Å². The van der Waals surface area contributed by atoms with Crippen LogP contribution in [0.25, 0.3) is 0 Å². The molecule has 102 valence electrons. The summed E-state index contributed by atoms with van der Waals surface area (Å²) in [6, 6.07) is 8.46. The van der Waals surface area contributed by atoms with Crippen molar-refractivity contribution < 1.29 is 14.2 Å². The van der Waals surface area contributed by atoms with Crippen molar-refractivity contribution in [1.29, 1.82) is 10.5 Å². The lowest BCUT2D eigenvalue weighted by Gasteiger charge is -2.26. The number of fused-ring (bicyclic) bond motifs is 1. The van der Waals surface area contributed by atoms with Crippen LogP contribution in [0.3, 0.4) is 0 Å². The molecule has 1 heterocycles. The Morgan fingerprint density at radius 2 is 2.25 bits per heavy atom. The van der Waals surface area contributed by atoms with Gasteiger partial charge in [0.15, 0.2) is 17.6 Å². The highest BCUT2D eigenvalue weighted by molar-refractivity contribution is 6.10. The highest BCUT2D eigenvalue weighted by atomic mass is 16.6. The van der Waals surface area contributed by atoms with Crippen LogP contribution >= 0.6 is 0 Å². The van der Waals surface area contributed by atoms with Gasteiger partial charge >= 0.3 is 0 Å². The molecule has 1 N–H and O–H groups in total. The lowest BCUT2D eigenvalue weighted by atomic mass is 10.2. The van der Waals surface area contributed by atoms with Gasteiger partial charge in [0.1, 0.15) is 18.7 Å². The standard InChI is InChI=1S/C13H12N4O3/c1-18-7-11-8-19-12-3-2-9(4-13(12)20-11)16-17-10(5-14)6-15/h2-4,11,16H,7-8H2,1H3. The molecule has 1 aromatic rings. The first-order valence-electron chi connectivity index (χ1n) is 5.83. The van der Waals surface area contributed by atoms with Gasteiger partial charge in [-0.25, -0.2) is 0 Å². The van der Waals surface area contributed by atoms with E-state index >= 15 is 0 Å². The number of anilines is 1. The molecular weight excluding hydrogens is 260 g/mol. The zero-order valence-electron chi connectivity index (χ0n) is 10.8. The van der Waals surface area contributed by atoms with E-state index in [1.165, 1.54) is 0 Å². The molecule has 0 saturated carbocycles. The first-order valence-corrected chi connectivity index (χ1v) is 5.83. The Morgan fingerprint density at radius 3 is 2.95 bits per heavy atom. The Labute approximate surface area is 116 Å². The first kappa shape index (κ1) is 13.7. The van der Waals surface area contributed by atoms with Crippen LogP contribution in [0.1, 0.15) is 0 Å². The number of methoxy groups -OCH3 is 1. The lowest BCUT2D eigenvalue weighted by molar-refractivity contribution is 0.0273. The average Bonchev–Trinajstić information content (AvgIpc) is 2.48. The number of hydrogen-bond acceptors (Lipinski definition) is 7. The molecule has 0 saturated heterocycles. The third-order valence-corrected chi connectivity index (χ3v) is 2.52. The number of benzene rings is 1. The Balaban J connectivity index is 2.12. The second-order valence-electron chi connectivity index (χ2n) is 3.96. The molecule has 0 aromatic heterocycles. The fourth-order valence-electron chi connectivity index (χ4n) is 1.65. The summed E-state index contributed by atoms with van der Waals surface area (Å²) in [7, 11) is 1.59. The molecule has 1 aromatic carbocycles. The van der Waals surface area contributed by atoms with Gasteiger partial charge in [-0.05, 0) is 12.1 Å². The molecule has 0 radical (unpaired) electrons. The highest BCUT2D eigenvalue weighted by Crippen LogP contribution is 2.34. The minimum absolute atomic E-state index is 0.167. The molecule has 0 amide bonds. The van der Waals surface area contributed by atoms with Crippen molar-refractivity contribution >= 4 is 11.4 Å². The van der Waals surface area contributed by atoms with Crippen molar-refractivity contribution in [3.05, 3.63) is 18.2 Å². The summed E-state index contributed by atoms with van der Waals surface area (Å²) < 4.78 is 16.3. The third-order valence-electron chi connectivity index (χ3n) is 2.52. The molecule has 1 unspecified atom stereocenters. The van der Waals surface area contributed by atoms with E-state index in [1.54, 1.807) is 37.4 Å². The zero-order valence-corrected chi connectivity index (χ0v) is 10.8. The van der Waals surface area contributed by atoms with Crippen molar-refractivity contribution in [1.82, 2.24) is 0 Å². The van der Waals surface area contributed by atoms with Crippen molar-refractivity contribution in [2.45, 2.75) is 6.10 Å². The van der Waals surface area contributed by atoms with E-state index in [9.17, 15) is 0 Å². The minimum atomic E-state index is -0.253. The van der Waals surface area contributed by atoms with Crippen LogP contribution < -0.4 is 14.9 Å². The second kappa shape index (κ2) is 6.41. The van der Waals surface area contributed by atoms with Gasteiger partial charge in [-0.2, -0.15) is 15.6 Å². The van der Waals surface area contributed by atoms with Crippen LogP contribution in [0.4, 0.5) is 5.69 Å². The fourth-order valence-corrected chi connectivity index (χ4v) is 1.65. The van der Waals surface area contributed by atoms with Crippen LogP contribution in [0, 0.1) is 22.7 Å². The van der Waals surface area contributed by atoms with Gasteiger partial charge in [0.2, 0.25) is 5.71 Å². The minimum Gasteiger partial charge on any atom is -0.486 e. The number of nitrogens with zero attached hydrogens (tertiary/aromatic N) is 3. The number of nitrogens with one attached hydrogen (secondary N) is 1. The first-order chi connectivity index (χ1) is 9.76. The molecule has 0 spiro atoms. The van der Waals surface area contributed by atoms with Gasteiger partial charge in [-0.3, -0.25) is 5.43 Å². The molecule has 1 aliphatic rings. The molecule has 0 aliphatic carbocycles. The molecular formula is C13H12N4O3. The number of ether oxygens (including phenoxy) is 3. The van der Waals surface area contributed by atoms with Crippen LogP contribution in [-0.4, -0.2) is 32.1 Å². The maximum Gasteiger partial charge on any atom is 0.237 e. The van der Waals surface area contributed by atoms with Crippen LogP contribution in [0.15, 0.2) is 23.3 Å². The smallest absolute Gasteiger partial charge is 0.237 e. The molecule has 7 nitrogen and oxygen atoms in total. The van der Waals surface area contributed by atoms with Crippen LogP contribution in [-0.2, 0) is 4.74 Å². The molecule has 0 bridgehead atoms. The Kier molecular flexibility index (Phi) is 4.38. The van der Waals surface area contributed by atoms with E-state index in [4.69, 9.17) is 24.7 Å². The van der Waals surface area contributed by atoms with Gasteiger partial charge in [0.25, 0.3) is 0 Å². The summed E-state index contributed by atoms with van der Waals surface area (Å²) in [4.78, 5) is 0. The van der Waals surface area contributed by atoms with Crippen LogP contribution in [0.5, 0.6) is 11.5 Å². The molecule has 2 rings (SSSR count). The SMILES string of the molecule is COCC1COc2ccc(NN=C(C#N)C#N)cc2O1. The normalized spacial score (nSPS) is 15.7. The Hall–Kier alpha value is -2.77. The van der Waals surface area contributed by atoms with Gasteiger partial charge in [0, 0.05) is 13.2 Å². The van der Waals surface area contributed by atoms with Crippen molar-refractivity contribution in [2.24, 2.45) is 5.10 Å². The van der Waals surface area contributed by atoms with E-state index in [-0.39, 0.29) is 11.8 Å². The van der Waals surface area contributed by atoms with E-state index in [1.807, 2.05) is 0 Å². The number of nitriles is 2. The molecule has 7 heteroatoms. The van der Waals surface area contributed by atoms with E-state index in [0.29, 0.717) is 30.4 Å². The third kappa shape index (κ3) is 3.16. The Bertz CT molecular complexity index is 585. The van der Waals surface area contributed by atoms with E-state index in [2.05, 4.69) is 10.5 Å². The maximum atomic E-state index is 8.59. The van der Waals surface area contributed by atoms with E-state index < -0.39 is 0 Å². The van der Waals surface area contributed by atoms with E-state index in [0.717, 1.165) is 0 Å². The van der Waals surface area contributed by atoms with Crippen molar-refractivity contribution in [2.75, 3.05) is 25.7 Å². The quantitative estimate of drug-likeness (QED) is 0.654. The number of hydrazone groups is 1. The molecule has 1 aliphatic heterocycles. The summed E-state index contributed by atoms with van der Waals surface area (Å²) in [5, 5.41) is 20.8. The summed E-state index contributed by atoms with van der Waals surface area (Å²) in [6.07, 6.45) is -0.167. The number of rotatable bonds is 4. The summed E-state index contributed by atoms with van der Waals surface area (Å²) >= 11 is 0. The van der Waals surface area contributed by atoms with Gasteiger partial charge in [0.05, 0.1) is 12.3 Å². The maximum absolute atomic E-state index is 8.59. The van der Waals surface area contributed by atoms with Gasteiger partial charge in [-0.15, -0.1) is 0 Å². The van der Waals surface area contributed by atoms with Crippen LogP contribution in [0.2, 0.25) is 0 Å². The number of hydrogen-bond donors (Lipinski definition) is 1. The molecule has 0 fully saturated rings. The average molecular weight is 272 g/mol. The molecule has 20 heavy (non-hydrogen) atoms. The fraction of sp³-hybridized carbons (Fsp3) is 0.308.